The van der Waals surface area contributed by atoms with E-state index in [0.717, 1.165) is 38.5 Å². The number of quaternary nitrogens is 1. The fraction of sp³-hybridized carbons (Fsp3) is 0.936. The molecule has 0 amide bonds. The van der Waals surface area contributed by atoms with E-state index in [1.54, 1.807) is 0 Å². The number of hydrogen-bond donors (Lipinski definition) is 0. The number of phosphoric ester groups is 1. The first-order valence-corrected chi connectivity index (χ1v) is 48.5. The number of phosphoric acid groups is 1. The second-order valence-electron chi connectivity index (χ2n) is 33.7. The number of hydrogen-bond acceptors (Lipinski definition) is 8. The van der Waals surface area contributed by atoms with Crippen LogP contribution in [0.25, 0.3) is 0 Å². The SMILES string of the molecule is CCCCCCC/C=C\C/C=C\CCCCCCCCCCCCCCCCCCCCCCCCCCCCCCCC(=O)OC(COC(=O)CCCCCCCCCCCCCCCCCCCCCCCCCCCCCCCCCCCCCCCCC)COP(=O)([O-])OCC[N+](C)(C)C. The van der Waals surface area contributed by atoms with Crippen LogP contribution in [-0.4, -0.2) is 70.0 Å². The third-order valence-corrected chi connectivity index (χ3v) is 22.9. The van der Waals surface area contributed by atoms with Crippen molar-refractivity contribution >= 4 is 19.8 Å². The van der Waals surface area contributed by atoms with Crippen molar-refractivity contribution in [1.29, 1.82) is 0 Å². The van der Waals surface area contributed by atoms with Crippen LogP contribution in [0, 0.1) is 0 Å². The van der Waals surface area contributed by atoms with Gasteiger partial charge < -0.3 is 27.9 Å². The molecule has 0 N–H and O–H groups in total. The summed E-state index contributed by atoms with van der Waals surface area (Å²) in [6.45, 7) is 4.34. The second kappa shape index (κ2) is 85.5. The van der Waals surface area contributed by atoms with Crippen LogP contribution in [0.3, 0.4) is 0 Å². The van der Waals surface area contributed by atoms with E-state index >= 15 is 0 Å². The summed E-state index contributed by atoms with van der Waals surface area (Å²) < 4.78 is 34.5. The monoisotopic (exact) mass is 1490 g/mol. The van der Waals surface area contributed by atoms with Crippen molar-refractivity contribution in [3.05, 3.63) is 24.3 Å². The van der Waals surface area contributed by atoms with Crippen molar-refractivity contribution in [2.45, 2.75) is 521 Å². The lowest BCUT2D eigenvalue weighted by Gasteiger charge is -2.28. The third kappa shape index (κ3) is 89.4. The first-order chi connectivity index (χ1) is 51.0. The Morgan fingerprint density at radius 1 is 0.298 bits per heavy atom. The molecule has 618 valence electrons. The molecular formula is C94H184NO8P. The van der Waals surface area contributed by atoms with Crippen LogP contribution in [-0.2, 0) is 32.7 Å². The molecule has 0 rings (SSSR count). The van der Waals surface area contributed by atoms with Gasteiger partial charge in [0.15, 0.2) is 6.10 Å². The predicted octanol–water partition coefficient (Wildman–Crippen LogP) is 31.2. The Labute approximate surface area is 650 Å². The van der Waals surface area contributed by atoms with E-state index in [-0.39, 0.29) is 32.0 Å². The maximum absolute atomic E-state index is 12.9. The number of nitrogens with zero attached hydrogens (tertiary/aromatic N) is 1. The lowest BCUT2D eigenvalue weighted by atomic mass is 10.0. The van der Waals surface area contributed by atoms with Crippen LogP contribution >= 0.6 is 7.82 Å². The van der Waals surface area contributed by atoms with E-state index in [4.69, 9.17) is 18.5 Å². The molecule has 0 spiro atoms. The van der Waals surface area contributed by atoms with Crippen molar-refractivity contribution in [2.75, 3.05) is 47.5 Å². The van der Waals surface area contributed by atoms with E-state index < -0.39 is 26.5 Å². The van der Waals surface area contributed by atoms with Crippen LogP contribution in [0.5, 0.6) is 0 Å². The Hall–Kier alpha value is -1.51. The molecular weight excluding hydrogens is 1300 g/mol. The minimum atomic E-state index is -4.64. The maximum Gasteiger partial charge on any atom is 0.306 e. The summed E-state index contributed by atoms with van der Waals surface area (Å²) in [4.78, 5) is 38.3. The highest BCUT2D eigenvalue weighted by Crippen LogP contribution is 2.38. The Bertz CT molecular complexity index is 1800. The Morgan fingerprint density at radius 3 is 0.760 bits per heavy atom. The average molecular weight is 1490 g/mol. The smallest absolute Gasteiger partial charge is 0.306 e. The number of allylic oxidation sites excluding steroid dienone is 4. The largest absolute Gasteiger partial charge is 0.756 e. The Morgan fingerprint density at radius 2 is 0.519 bits per heavy atom. The van der Waals surface area contributed by atoms with Gasteiger partial charge in [-0.15, -0.1) is 0 Å². The minimum absolute atomic E-state index is 0.0256. The summed E-state index contributed by atoms with van der Waals surface area (Å²) in [5.41, 5.74) is 0. The Balaban J connectivity index is 3.80. The molecule has 0 fully saturated rings. The van der Waals surface area contributed by atoms with Crippen LogP contribution in [0.2, 0.25) is 0 Å². The summed E-state index contributed by atoms with van der Waals surface area (Å²) in [5.74, 6) is -0.800. The molecule has 0 saturated carbocycles. The highest BCUT2D eigenvalue weighted by molar-refractivity contribution is 7.45. The lowest BCUT2D eigenvalue weighted by molar-refractivity contribution is -0.870. The van der Waals surface area contributed by atoms with Gasteiger partial charge in [-0.25, -0.2) is 0 Å². The number of likely N-dealkylation sites (N-methyl/N-ethyl adjacent to an activating group) is 1. The van der Waals surface area contributed by atoms with Gasteiger partial charge in [-0.2, -0.15) is 0 Å². The first-order valence-electron chi connectivity index (χ1n) is 47.0. The molecule has 0 bridgehead atoms. The zero-order valence-electron chi connectivity index (χ0n) is 71.0. The fourth-order valence-corrected chi connectivity index (χ4v) is 15.5. The van der Waals surface area contributed by atoms with E-state index in [0.29, 0.717) is 17.4 Å². The highest BCUT2D eigenvalue weighted by atomic mass is 31.2. The number of esters is 2. The maximum atomic E-state index is 12.9. The van der Waals surface area contributed by atoms with E-state index in [1.165, 1.54) is 443 Å². The molecule has 2 unspecified atom stereocenters. The Kier molecular flexibility index (Phi) is 84.2. The zero-order chi connectivity index (χ0) is 75.4. The van der Waals surface area contributed by atoms with E-state index in [2.05, 4.69) is 38.2 Å². The molecule has 9 nitrogen and oxygen atoms in total. The number of carbonyl (C=O) groups excluding carboxylic acids is 2. The number of rotatable bonds is 90. The number of carbonyl (C=O) groups is 2. The minimum Gasteiger partial charge on any atom is -0.756 e. The van der Waals surface area contributed by atoms with Crippen molar-refractivity contribution in [3.8, 4) is 0 Å². The highest BCUT2D eigenvalue weighted by Gasteiger charge is 2.22. The van der Waals surface area contributed by atoms with Crippen molar-refractivity contribution in [3.63, 3.8) is 0 Å². The van der Waals surface area contributed by atoms with E-state index in [9.17, 15) is 19.0 Å². The van der Waals surface area contributed by atoms with Gasteiger partial charge in [-0.1, -0.05) is 481 Å². The molecule has 0 aliphatic rings. The van der Waals surface area contributed by atoms with E-state index in [1.807, 2.05) is 21.1 Å². The number of unbranched alkanes of at least 4 members (excludes halogenated alkanes) is 72. The number of ether oxygens (including phenoxy) is 2. The third-order valence-electron chi connectivity index (χ3n) is 22.0. The van der Waals surface area contributed by atoms with Crippen LogP contribution in [0.15, 0.2) is 24.3 Å². The molecule has 0 radical (unpaired) electrons. The van der Waals surface area contributed by atoms with Gasteiger partial charge in [-0.3, -0.25) is 14.2 Å². The van der Waals surface area contributed by atoms with Crippen LogP contribution in [0.1, 0.15) is 515 Å². The van der Waals surface area contributed by atoms with Gasteiger partial charge in [0, 0.05) is 12.8 Å². The molecule has 2 atom stereocenters. The molecule has 0 heterocycles. The fourth-order valence-electron chi connectivity index (χ4n) is 14.8. The van der Waals surface area contributed by atoms with Crippen molar-refractivity contribution in [1.82, 2.24) is 0 Å². The summed E-state index contributed by atoms with van der Waals surface area (Å²) in [6.07, 6.45) is 112. The molecule has 10 heteroatoms. The molecule has 104 heavy (non-hydrogen) atoms. The molecule has 0 aromatic rings. The molecule has 0 aliphatic heterocycles. The van der Waals surface area contributed by atoms with Gasteiger partial charge in [0.25, 0.3) is 7.82 Å². The molecule has 0 aromatic carbocycles. The normalized spacial score (nSPS) is 12.9. The first kappa shape index (κ1) is 102. The molecule has 0 aliphatic carbocycles. The van der Waals surface area contributed by atoms with Gasteiger partial charge in [0.2, 0.25) is 0 Å². The lowest BCUT2D eigenvalue weighted by Crippen LogP contribution is -2.37. The topological polar surface area (TPSA) is 111 Å². The zero-order valence-corrected chi connectivity index (χ0v) is 71.9. The predicted molar refractivity (Wildman–Crippen MR) is 453 cm³/mol. The van der Waals surface area contributed by atoms with Crippen LogP contribution < -0.4 is 4.89 Å². The summed E-state index contributed by atoms with van der Waals surface area (Å²) >= 11 is 0. The van der Waals surface area contributed by atoms with Gasteiger partial charge in [-0.05, 0) is 44.9 Å². The van der Waals surface area contributed by atoms with Gasteiger partial charge >= 0.3 is 11.9 Å². The molecule has 0 aromatic heterocycles. The van der Waals surface area contributed by atoms with Gasteiger partial charge in [0.1, 0.15) is 19.8 Å². The summed E-state index contributed by atoms with van der Waals surface area (Å²) in [5, 5.41) is 0. The second-order valence-corrected chi connectivity index (χ2v) is 35.2. The van der Waals surface area contributed by atoms with Crippen LogP contribution in [0.4, 0.5) is 0 Å². The summed E-state index contributed by atoms with van der Waals surface area (Å²) in [6, 6.07) is 0. The van der Waals surface area contributed by atoms with Gasteiger partial charge in [0.05, 0.1) is 27.7 Å². The van der Waals surface area contributed by atoms with Crippen molar-refractivity contribution in [2.24, 2.45) is 0 Å². The average Bonchev–Trinajstić information content (AvgIpc) is 0.920. The van der Waals surface area contributed by atoms with Crippen molar-refractivity contribution < 1.29 is 42.1 Å². The molecule has 0 saturated heterocycles. The summed E-state index contributed by atoms with van der Waals surface area (Å²) in [7, 11) is 1.20. The standard InChI is InChI=1S/C94H184NO8P/c1-6-8-10-12-14-16-18-20-22-24-26-28-30-32-34-36-38-40-42-44-46-47-49-51-53-55-57-59-61-63-65-67-69-71-73-75-77-79-81-83-85-87-94(97)103-92(91-102-104(98,99)101-89-88-95(3,4)5)90-100-93(96)86-84-82-80-78-76-74-72-70-68-66-64-62-60-58-56-54-52-50-48-45-43-41-39-37-35-33-31-29-27-25-23-21-19-17-15-13-11-9-7-2/h18,20,24,26,92H,6-17,19,21-23,25,27-91H2,1-5H3/b20-18-,26-24-. The quantitative estimate of drug-likeness (QED) is 0.0195.